The zero-order valence-electron chi connectivity index (χ0n) is 12.5. The Labute approximate surface area is 131 Å². The normalized spacial score (nSPS) is 21.9. The van der Waals surface area contributed by atoms with Crippen LogP contribution >= 0.6 is 0 Å². The van der Waals surface area contributed by atoms with Gasteiger partial charge in [-0.15, -0.1) is 0 Å². The molecule has 1 aromatic carbocycles. The third kappa shape index (κ3) is 2.77. The molecule has 1 aliphatic carbocycles. The van der Waals surface area contributed by atoms with Crippen molar-refractivity contribution in [2.75, 3.05) is 18.9 Å². The molecule has 0 N–H and O–H groups in total. The Morgan fingerprint density at radius 3 is 2.50 bits per heavy atom. The highest BCUT2D eigenvalue weighted by atomic mass is 32.2. The third-order valence-electron chi connectivity index (χ3n) is 4.64. The van der Waals surface area contributed by atoms with Crippen LogP contribution in [-0.4, -0.2) is 43.1 Å². The first-order chi connectivity index (χ1) is 10.5. The van der Waals surface area contributed by atoms with Gasteiger partial charge in [-0.1, -0.05) is 43.2 Å². The molecule has 0 amide bonds. The van der Waals surface area contributed by atoms with Gasteiger partial charge in [0.2, 0.25) is 10.0 Å². The monoisotopic (exact) mass is 323 g/mol. The Morgan fingerprint density at radius 2 is 1.82 bits per heavy atom. The van der Waals surface area contributed by atoms with Crippen molar-refractivity contribution in [2.45, 2.75) is 37.6 Å². The van der Waals surface area contributed by atoms with Gasteiger partial charge < -0.3 is 4.74 Å². The fraction of sp³-hybridized carbons (Fsp3) is 0.562. The van der Waals surface area contributed by atoms with Crippen molar-refractivity contribution in [1.82, 2.24) is 4.31 Å². The maximum absolute atomic E-state index is 12.8. The van der Waals surface area contributed by atoms with Crippen LogP contribution in [0.3, 0.4) is 0 Å². The molecule has 3 rings (SSSR count). The van der Waals surface area contributed by atoms with E-state index in [-0.39, 0.29) is 24.9 Å². The number of carbonyl (C=O) groups is 1. The van der Waals surface area contributed by atoms with Gasteiger partial charge in [-0.25, -0.2) is 8.42 Å². The molecule has 0 bridgehead atoms. The Morgan fingerprint density at radius 1 is 1.14 bits per heavy atom. The number of carbonyl (C=O) groups excluding carboxylic acids is 1. The number of rotatable bonds is 4. The minimum absolute atomic E-state index is 0.0338. The number of nitrogens with zero attached hydrogens (tertiary/aromatic N) is 1. The molecule has 120 valence electrons. The highest BCUT2D eigenvalue weighted by molar-refractivity contribution is 7.89. The molecule has 22 heavy (non-hydrogen) atoms. The van der Waals surface area contributed by atoms with Crippen LogP contribution in [-0.2, 0) is 26.0 Å². The molecule has 0 unspecified atom stereocenters. The van der Waals surface area contributed by atoms with Gasteiger partial charge in [0.05, 0.1) is 5.75 Å². The smallest absolute Gasteiger partial charge is 0.327 e. The molecule has 1 saturated heterocycles. The van der Waals surface area contributed by atoms with E-state index in [0.717, 1.165) is 18.4 Å². The molecule has 0 atom stereocenters. The molecule has 0 radical (unpaired) electrons. The summed E-state index contributed by atoms with van der Waals surface area (Å²) in [5.41, 5.74) is 0.0551. The summed E-state index contributed by atoms with van der Waals surface area (Å²) in [5, 5.41) is 0. The molecule has 1 aromatic rings. The van der Waals surface area contributed by atoms with E-state index >= 15 is 0 Å². The maximum Gasteiger partial charge on any atom is 0.327 e. The van der Waals surface area contributed by atoms with E-state index < -0.39 is 15.6 Å². The average Bonchev–Trinajstić information content (AvgIpc) is 2.99. The summed E-state index contributed by atoms with van der Waals surface area (Å²) in [6.45, 7) is 0.439. The molecular weight excluding hydrogens is 302 g/mol. The lowest BCUT2D eigenvalue weighted by Gasteiger charge is -2.41. The molecular formula is C16H21NO4S. The first kappa shape index (κ1) is 15.5. The van der Waals surface area contributed by atoms with Crippen molar-refractivity contribution in [3.63, 3.8) is 0 Å². The van der Waals surface area contributed by atoms with Crippen LogP contribution in [0.1, 0.15) is 31.2 Å². The number of hydrogen-bond donors (Lipinski definition) is 0. The molecule has 1 saturated carbocycles. The predicted molar refractivity (Wildman–Crippen MR) is 82.8 cm³/mol. The third-order valence-corrected chi connectivity index (χ3v) is 6.57. The first-order valence-corrected chi connectivity index (χ1v) is 9.37. The second-order valence-corrected chi connectivity index (χ2v) is 8.01. The summed E-state index contributed by atoms with van der Waals surface area (Å²) < 4.78 is 32.2. The SMILES string of the molecule is O=C1OCCN(S(=O)(=O)CCc2ccccc2)C12CCCC2. The van der Waals surface area contributed by atoms with Gasteiger partial charge in [-0.3, -0.25) is 4.79 Å². The Bertz CT molecular complexity index is 635. The van der Waals surface area contributed by atoms with E-state index in [9.17, 15) is 13.2 Å². The largest absolute Gasteiger partial charge is 0.463 e. The molecule has 6 heteroatoms. The summed E-state index contributed by atoms with van der Waals surface area (Å²) in [5.74, 6) is -0.328. The van der Waals surface area contributed by atoms with Crippen LogP contribution in [0.25, 0.3) is 0 Å². The minimum Gasteiger partial charge on any atom is -0.463 e. The van der Waals surface area contributed by atoms with Gasteiger partial charge in [0.25, 0.3) is 0 Å². The zero-order chi connectivity index (χ0) is 15.6. The lowest BCUT2D eigenvalue weighted by Crippen LogP contribution is -2.60. The molecule has 0 aromatic heterocycles. The van der Waals surface area contributed by atoms with E-state index in [0.29, 0.717) is 19.3 Å². The second kappa shape index (κ2) is 6.01. The number of aryl methyl sites for hydroxylation is 1. The molecule has 2 aliphatic rings. The number of hydrogen-bond acceptors (Lipinski definition) is 4. The number of cyclic esters (lactones) is 1. The lowest BCUT2D eigenvalue weighted by molar-refractivity contribution is -0.162. The van der Waals surface area contributed by atoms with Gasteiger partial charge in [-0.05, 0) is 24.8 Å². The Kier molecular flexibility index (Phi) is 4.23. The average molecular weight is 323 g/mol. The van der Waals surface area contributed by atoms with Crippen LogP contribution < -0.4 is 0 Å². The first-order valence-electron chi connectivity index (χ1n) is 7.76. The quantitative estimate of drug-likeness (QED) is 0.792. The Hall–Kier alpha value is -1.40. The summed E-state index contributed by atoms with van der Waals surface area (Å²) in [7, 11) is -3.47. The minimum atomic E-state index is -3.47. The number of benzene rings is 1. The van der Waals surface area contributed by atoms with E-state index in [1.807, 2.05) is 30.3 Å². The highest BCUT2D eigenvalue weighted by Crippen LogP contribution is 2.40. The van der Waals surface area contributed by atoms with Crippen molar-refractivity contribution in [3.05, 3.63) is 35.9 Å². The lowest BCUT2D eigenvalue weighted by atomic mass is 9.97. The van der Waals surface area contributed by atoms with E-state index in [2.05, 4.69) is 0 Å². The fourth-order valence-electron chi connectivity index (χ4n) is 3.49. The van der Waals surface area contributed by atoms with Gasteiger partial charge in [0.15, 0.2) is 0 Å². The number of sulfonamides is 1. The maximum atomic E-state index is 12.8. The van der Waals surface area contributed by atoms with Gasteiger partial charge in [-0.2, -0.15) is 4.31 Å². The molecule has 5 nitrogen and oxygen atoms in total. The number of morpholine rings is 1. The van der Waals surface area contributed by atoms with E-state index in [1.54, 1.807) is 0 Å². The molecule has 1 spiro atoms. The molecule has 2 fully saturated rings. The summed E-state index contributed by atoms with van der Waals surface area (Å²) in [6, 6.07) is 9.56. The van der Waals surface area contributed by atoms with Gasteiger partial charge >= 0.3 is 5.97 Å². The molecule has 1 aliphatic heterocycles. The van der Waals surface area contributed by atoms with Crippen LogP contribution in [0.5, 0.6) is 0 Å². The summed E-state index contributed by atoms with van der Waals surface area (Å²) >= 11 is 0. The van der Waals surface area contributed by atoms with Crippen LogP contribution in [0, 0.1) is 0 Å². The van der Waals surface area contributed by atoms with Crippen molar-refractivity contribution in [1.29, 1.82) is 0 Å². The standard InChI is InChI=1S/C16H21NO4S/c18-15-16(9-4-5-10-16)17(11-12-21-15)22(19,20)13-8-14-6-2-1-3-7-14/h1-3,6-7H,4-5,8-13H2. The topological polar surface area (TPSA) is 63.7 Å². The van der Waals surface area contributed by atoms with Crippen LogP contribution in [0.15, 0.2) is 30.3 Å². The number of ether oxygens (including phenoxy) is 1. The fourth-order valence-corrected chi connectivity index (χ4v) is 5.35. The van der Waals surface area contributed by atoms with Crippen molar-refractivity contribution in [3.8, 4) is 0 Å². The highest BCUT2D eigenvalue weighted by Gasteiger charge is 2.54. The van der Waals surface area contributed by atoms with Crippen molar-refractivity contribution in [2.24, 2.45) is 0 Å². The molecule has 1 heterocycles. The number of esters is 1. The predicted octanol–water partition coefficient (Wildman–Crippen LogP) is 1.73. The van der Waals surface area contributed by atoms with Crippen molar-refractivity contribution >= 4 is 16.0 Å². The second-order valence-electron chi connectivity index (χ2n) is 6.00. The van der Waals surface area contributed by atoms with E-state index in [4.69, 9.17) is 4.74 Å². The van der Waals surface area contributed by atoms with Crippen LogP contribution in [0.4, 0.5) is 0 Å². The van der Waals surface area contributed by atoms with Gasteiger partial charge in [0, 0.05) is 6.54 Å². The summed E-state index contributed by atoms with van der Waals surface area (Å²) in [4.78, 5) is 12.2. The Balaban J connectivity index is 1.79. The van der Waals surface area contributed by atoms with E-state index in [1.165, 1.54) is 4.31 Å². The summed E-state index contributed by atoms with van der Waals surface area (Å²) in [6.07, 6.45) is 3.37. The van der Waals surface area contributed by atoms with Gasteiger partial charge in [0.1, 0.15) is 12.1 Å². The zero-order valence-corrected chi connectivity index (χ0v) is 13.3. The van der Waals surface area contributed by atoms with Crippen LogP contribution in [0.2, 0.25) is 0 Å². The van der Waals surface area contributed by atoms with Crippen molar-refractivity contribution < 1.29 is 17.9 Å².